The number of nitrogens with one attached hydrogen (secondary N) is 1. The van der Waals surface area contributed by atoms with Crippen LogP contribution >= 0.6 is 0 Å². The van der Waals surface area contributed by atoms with E-state index in [1.807, 2.05) is 6.07 Å². The lowest BCUT2D eigenvalue weighted by Crippen LogP contribution is -1.98. The number of hydrogen-bond donors (Lipinski definition) is 2. The lowest BCUT2D eigenvalue weighted by molar-refractivity contribution is 0.0697. The van der Waals surface area contributed by atoms with Gasteiger partial charge in [0.05, 0.1) is 17.2 Å². The zero-order valence-corrected chi connectivity index (χ0v) is 9.83. The first kappa shape index (κ1) is 11.3. The first-order valence-corrected chi connectivity index (χ1v) is 5.66. The second-order valence-corrected chi connectivity index (χ2v) is 4.00. The Bertz CT molecular complexity index is 749. The topological polar surface area (TPSA) is 75.4 Å². The van der Waals surface area contributed by atoms with Gasteiger partial charge in [-0.3, -0.25) is 0 Å². The maximum absolute atomic E-state index is 10.9. The van der Waals surface area contributed by atoms with Crippen molar-refractivity contribution >= 4 is 28.4 Å². The standard InChI is InChI=1S/C14H10N2O3/c17-14(18)9-2-1-3-10(8-9)16-13-11-5-7-19-12(11)4-6-15-13/h1-8H,(H,15,16)(H,17,18). The molecule has 0 amide bonds. The molecule has 3 aromatic rings. The highest BCUT2D eigenvalue weighted by Crippen LogP contribution is 2.25. The van der Waals surface area contributed by atoms with Crippen molar-refractivity contribution in [3.63, 3.8) is 0 Å². The first-order chi connectivity index (χ1) is 9.24. The van der Waals surface area contributed by atoms with Crippen LogP contribution in [0.15, 0.2) is 53.3 Å². The van der Waals surface area contributed by atoms with Crippen molar-refractivity contribution in [1.29, 1.82) is 0 Å². The van der Waals surface area contributed by atoms with Gasteiger partial charge in [0.1, 0.15) is 11.4 Å². The van der Waals surface area contributed by atoms with E-state index in [0.29, 0.717) is 11.5 Å². The number of nitrogens with zero attached hydrogens (tertiary/aromatic N) is 1. The number of rotatable bonds is 3. The van der Waals surface area contributed by atoms with Gasteiger partial charge in [-0.1, -0.05) is 6.07 Å². The van der Waals surface area contributed by atoms with E-state index in [-0.39, 0.29) is 5.56 Å². The third-order valence-corrected chi connectivity index (χ3v) is 2.75. The van der Waals surface area contributed by atoms with Crippen LogP contribution in [0.1, 0.15) is 10.4 Å². The van der Waals surface area contributed by atoms with Crippen molar-refractivity contribution in [3.05, 3.63) is 54.4 Å². The Morgan fingerprint density at radius 1 is 1.26 bits per heavy atom. The molecule has 2 aromatic heterocycles. The summed E-state index contributed by atoms with van der Waals surface area (Å²) in [5.74, 6) is -0.327. The molecule has 0 bridgehead atoms. The Labute approximate surface area is 108 Å². The molecule has 0 aliphatic heterocycles. The van der Waals surface area contributed by atoms with Crippen molar-refractivity contribution in [1.82, 2.24) is 4.98 Å². The van der Waals surface area contributed by atoms with Gasteiger partial charge >= 0.3 is 5.97 Å². The highest BCUT2D eigenvalue weighted by atomic mass is 16.4. The number of benzene rings is 1. The number of fused-ring (bicyclic) bond motifs is 1. The molecule has 0 unspecified atom stereocenters. The largest absolute Gasteiger partial charge is 0.478 e. The summed E-state index contributed by atoms with van der Waals surface area (Å²) in [6.07, 6.45) is 3.22. The Kier molecular flexibility index (Phi) is 2.64. The average molecular weight is 254 g/mol. The lowest BCUT2D eigenvalue weighted by Gasteiger charge is -2.06. The summed E-state index contributed by atoms with van der Waals surface area (Å²) in [4.78, 5) is 15.1. The van der Waals surface area contributed by atoms with E-state index in [9.17, 15) is 4.79 Å². The van der Waals surface area contributed by atoms with Gasteiger partial charge in [-0.2, -0.15) is 0 Å². The molecular weight excluding hydrogens is 244 g/mol. The molecular formula is C14H10N2O3. The van der Waals surface area contributed by atoms with Crippen LogP contribution in [0.5, 0.6) is 0 Å². The third kappa shape index (κ3) is 2.13. The van der Waals surface area contributed by atoms with Crippen LogP contribution in [0.4, 0.5) is 11.5 Å². The van der Waals surface area contributed by atoms with E-state index in [1.165, 1.54) is 0 Å². The molecule has 2 N–H and O–H groups in total. The molecule has 0 saturated carbocycles. The minimum atomic E-state index is -0.960. The Balaban J connectivity index is 1.99. The Morgan fingerprint density at radius 3 is 3.00 bits per heavy atom. The predicted molar refractivity (Wildman–Crippen MR) is 70.7 cm³/mol. The van der Waals surface area contributed by atoms with Crippen LogP contribution in [-0.4, -0.2) is 16.1 Å². The van der Waals surface area contributed by atoms with Crippen LogP contribution < -0.4 is 5.32 Å². The molecule has 0 spiro atoms. The van der Waals surface area contributed by atoms with Crippen LogP contribution in [-0.2, 0) is 0 Å². The third-order valence-electron chi connectivity index (χ3n) is 2.75. The van der Waals surface area contributed by atoms with Crippen molar-refractivity contribution in [2.45, 2.75) is 0 Å². The zero-order valence-electron chi connectivity index (χ0n) is 9.83. The number of pyridine rings is 1. The van der Waals surface area contributed by atoms with Gasteiger partial charge in [0.15, 0.2) is 0 Å². The summed E-state index contributed by atoms with van der Waals surface area (Å²) in [5.41, 5.74) is 1.62. The molecule has 0 fully saturated rings. The fourth-order valence-electron chi connectivity index (χ4n) is 1.86. The van der Waals surface area contributed by atoms with Crippen molar-refractivity contribution in [2.75, 3.05) is 5.32 Å². The highest BCUT2D eigenvalue weighted by Gasteiger charge is 2.07. The predicted octanol–water partition coefficient (Wildman–Crippen LogP) is 3.27. The number of anilines is 2. The van der Waals surface area contributed by atoms with E-state index in [4.69, 9.17) is 9.52 Å². The average Bonchev–Trinajstić information content (AvgIpc) is 2.88. The van der Waals surface area contributed by atoms with E-state index in [2.05, 4.69) is 10.3 Å². The van der Waals surface area contributed by atoms with Gasteiger partial charge in [0.25, 0.3) is 0 Å². The maximum Gasteiger partial charge on any atom is 0.335 e. The summed E-state index contributed by atoms with van der Waals surface area (Å²) in [5, 5.41) is 12.9. The van der Waals surface area contributed by atoms with Gasteiger partial charge in [0, 0.05) is 11.9 Å². The molecule has 1 aromatic carbocycles. The summed E-state index contributed by atoms with van der Waals surface area (Å²) in [7, 11) is 0. The van der Waals surface area contributed by atoms with Gasteiger partial charge < -0.3 is 14.8 Å². The molecule has 94 valence electrons. The van der Waals surface area contributed by atoms with E-state index in [0.717, 1.165) is 11.0 Å². The Hall–Kier alpha value is -2.82. The molecule has 0 atom stereocenters. The molecule has 3 rings (SSSR count). The SMILES string of the molecule is O=C(O)c1cccc(Nc2nccc3occc23)c1. The molecule has 2 heterocycles. The van der Waals surface area contributed by atoms with Gasteiger partial charge in [-0.05, 0) is 30.3 Å². The molecule has 0 saturated heterocycles. The van der Waals surface area contributed by atoms with E-state index < -0.39 is 5.97 Å². The zero-order chi connectivity index (χ0) is 13.2. The molecule has 5 heteroatoms. The molecule has 0 aliphatic rings. The minimum Gasteiger partial charge on any atom is -0.478 e. The monoisotopic (exact) mass is 254 g/mol. The quantitative estimate of drug-likeness (QED) is 0.750. The molecule has 0 aliphatic carbocycles. The minimum absolute atomic E-state index is 0.226. The molecule has 19 heavy (non-hydrogen) atoms. The number of aromatic nitrogens is 1. The maximum atomic E-state index is 10.9. The van der Waals surface area contributed by atoms with Gasteiger partial charge in [-0.25, -0.2) is 9.78 Å². The lowest BCUT2D eigenvalue weighted by atomic mass is 10.2. The van der Waals surface area contributed by atoms with Crippen molar-refractivity contribution in [3.8, 4) is 0 Å². The number of hydrogen-bond acceptors (Lipinski definition) is 4. The van der Waals surface area contributed by atoms with Crippen molar-refractivity contribution in [2.24, 2.45) is 0 Å². The van der Waals surface area contributed by atoms with Crippen LogP contribution in [0.2, 0.25) is 0 Å². The fourth-order valence-corrected chi connectivity index (χ4v) is 1.86. The second kappa shape index (κ2) is 4.45. The van der Waals surface area contributed by atoms with Gasteiger partial charge in [-0.15, -0.1) is 0 Å². The number of carboxylic acids is 1. The van der Waals surface area contributed by atoms with Crippen LogP contribution in [0, 0.1) is 0 Å². The van der Waals surface area contributed by atoms with Crippen LogP contribution in [0.25, 0.3) is 11.0 Å². The van der Waals surface area contributed by atoms with Gasteiger partial charge in [0.2, 0.25) is 0 Å². The Morgan fingerprint density at radius 2 is 2.16 bits per heavy atom. The van der Waals surface area contributed by atoms with E-state index in [1.54, 1.807) is 42.8 Å². The summed E-state index contributed by atoms with van der Waals surface area (Å²) in [6, 6.07) is 10.1. The van der Waals surface area contributed by atoms with Crippen molar-refractivity contribution < 1.29 is 14.3 Å². The van der Waals surface area contributed by atoms with Crippen LogP contribution in [0.3, 0.4) is 0 Å². The highest BCUT2D eigenvalue weighted by molar-refractivity contribution is 5.91. The first-order valence-electron chi connectivity index (χ1n) is 5.66. The molecule has 0 radical (unpaired) electrons. The number of carbonyl (C=O) groups is 1. The smallest absolute Gasteiger partial charge is 0.335 e. The van der Waals surface area contributed by atoms with E-state index >= 15 is 0 Å². The molecule has 5 nitrogen and oxygen atoms in total. The fraction of sp³-hybridized carbons (Fsp3) is 0. The second-order valence-electron chi connectivity index (χ2n) is 4.00. The summed E-state index contributed by atoms with van der Waals surface area (Å²) in [6.45, 7) is 0. The summed E-state index contributed by atoms with van der Waals surface area (Å²) < 4.78 is 5.28. The summed E-state index contributed by atoms with van der Waals surface area (Å²) >= 11 is 0. The number of aromatic carboxylic acids is 1. The number of carboxylic acid groups (broad SMARTS) is 1. The number of furan rings is 1. The normalized spacial score (nSPS) is 10.5.